The monoisotopic (exact) mass is 233 g/mol. The Bertz CT molecular complexity index is 134. The van der Waals surface area contributed by atoms with E-state index in [-0.39, 0.29) is 6.61 Å². The number of rotatable bonds is 9. The summed E-state index contributed by atoms with van der Waals surface area (Å²) < 4.78 is 0. The fourth-order valence-electron chi connectivity index (χ4n) is 1.92. The number of thioether (sulfide) groups is 1. The molecule has 0 aliphatic heterocycles. The predicted octanol–water partition coefficient (Wildman–Crippen LogP) is 2.66. The highest BCUT2D eigenvalue weighted by atomic mass is 32.2. The molecule has 2 N–H and O–H groups in total. The summed E-state index contributed by atoms with van der Waals surface area (Å²) in [4.78, 5) is 0. The molecule has 0 bridgehead atoms. The van der Waals surface area contributed by atoms with Crippen molar-refractivity contribution in [3.63, 3.8) is 0 Å². The molecule has 2 nitrogen and oxygen atoms in total. The Balaban J connectivity index is 4.01. The Labute approximate surface area is 99.2 Å². The van der Waals surface area contributed by atoms with Gasteiger partial charge in [-0.2, -0.15) is 11.8 Å². The van der Waals surface area contributed by atoms with Gasteiger partial charge in [-0.3, -0.25) is 0 Å². The second-order valence-electron chi connectivity index (χ2n) is 4.19. The lowest BCUT2D eigenvalue weighted by molar-refractivity contribution is 0.266. The second kappa shape index (κ2) is 9.49. The molecule has 0 saturated carbocycles. The van der Waals surface area contributed by atoms with Crippen LogP contribution in [0.25, 0.3) is 0 Å². The molecule has 0 aliphatic carbocycles. The van der Waals surface area contributed by atoms with Crippen molar-refractivity contribution in [3.05, 3.63) is 0 Å². The zero-order valence-electron chi connectivity index (χ0n) is 10.6. The normalized spacial score (nSPS) is 15.6. The summed E-state index contributed by atoms with van der Waals surface area (Å²) in [5.74, 6) is 0. The molecule has 0 rings (SSSR count). The van der Waals surface area contributed by atoms with Gasteiger partial charge < -0.3 is 10.4 Å². The van der Waals surface area contributed by atoms with Crippen LogP contribution in [0.2, 0.25) is 0 Å². The summed E-state index contributed by atoms with van der Waals surface area (Å²) in [5, 5.41) is 13.2. The standard InChI is InChI=1S/C12H27NOS/c1-5-7-11(8-6-2)13-10(3)12(9-14)15-4/h10-14H,5-9H2,1-4H3. The van der Waals surface area contributed by atoms with Gasteiger partial charge in [-0.05, 0) is 26.0 Å². The maximum absolute atomic E-state index is 9.21. The van der Waals surface area contributed by atoms with Gasteiger partial charge in [0.15, 0.2) is 0 Å². The van der Waals surface area contributed by atoms with Gasteiger partial charge in [-0.25, -0.2) is 0 Å². The second-order valence-corrected chi connectivity index (χ2v) is 5.26. The Morgan fingerprint density at radius 1 is 1.20 bits per heavy atom. The third-order valence-corrected chi connectivity index (χ3v) is 3.98. The number of aliphatic hydroxyl groups is 1. The van der Waals surface area contributed by atoms with Gasteiger partial charge in [0.25, 0.3) is 0 Å². The number of hydrogen-bond donors (Lipinski definition) is 2. The van der Waals surface area contributed by atoms with Crippen LogP contribution in [-0.4, -0.2) is 35.3 Å². The third-order valence-electron chi connectivity index (χ3n) is 2.81. The number of nitrogens with one attached hydrogen (secondary N) is 1. The van der Waals surface area contributed by atoms with Crippen molar-refractivity contribution in [2.24, 2.45) is 0 Å². The highest BCUT2D eigenvalue weighted by molar-refractivity contribution is 7.99. The molecule has 0 aromatic rings. The van der Waals surface area contributed by atoms with E-state index in [2.05, 4.69) is 32.3 Å². The van der Waals surface area contributed by atoms with E-state index in [4.69, 9.17) is 0 Å². The van der Waals surface area contributed by atoms with E-state index in [1.54, 1.807) is 11.8 Å². The first-order valence-corrected chi connectivity index (χ1v) is 7.38. The van der Waals surface area contributed by atoms with Crippen molar-refractivity contribution in [2.75, 3.05) is 12.9 Å². The predicted molar refractivity (Wildman–Crippen MR) is 70.6 cm³/mol. The Kier molecular flexibility index (Phi) is 9.66. The van der Waals surface area contributed by atoms with Gasteiger partial charge in [-0.1, -0.05) is 26.7 Å². The van der Waals surface area contributed by atoms with Gasteiger partial charge in [-0.15, -0.1) is 0 Å². The molecule has 0 aliphatic rings. The lowest BCUT2D eigenvalue weighted by atomic mass is 10.1. The molecule has 3 heteroatoms. The van der Waals surface area contributed by atoms with Crippen LogP contribution in [-0.2, 0) is 0 Å². The van der Waals surface area contributed by atoms with Crippen LogP contribution in [0.4, 0.5) is 0 Å². The lowest BCUT2D eigenvalue weighted by Gasteiger charge is -2.27. The SMILES string of the molecule is CCCC(CCC)NC(C)C(CO)SC. The Hall–Kier alpha value is 0.270. The first-order valence-electron chi connectivity index (χ1n) is 6.09. The molecule has 92 valence electrons. The molecule has 2 atom stereocenters. The first kappa shape index (κ1) is 15.3. The first-order chi connectivity index (χ1) is 7.19. The van der Waals surface area contributed by atoms with E-state index in [1.807, 2.05) is 0 Å². The average molecular weight is 233 g/mol. The topological polar surface area (TPSA) is 32.3 Å². The summed E-state index contributed by atoms with van der Waals surface area (Å²) in [6.07, 6.45) is 7.00. The van der Waals surface area contributed by atoms with Gasteiger partial charge in [0.2, 0.25) is 0 Å². The molecular weight excluding hydrogens is 206 g/mol. The largest absolute Gasteiger partial charge is 0.395 e. The van der Waals surface area contributed by atoms with Gasteiger partial charge in [0.1, 0.15) is 0 Å². The number of hydrogen-bond acceptors (Lipinski definition) is 3. The summed E-state index contributed by atoms with van der Waals surface area (Å²) in [7, 11) is 0. The molecule has 0 heterocycles. The summed E-state index contributed by atoms with van der Waals surface area (Å²) in [5.41, 5.74) is 0. The van der Waals surface area contributed by atoms with E-state index in [9.17, 15) is 5.11 Å². The van der Waals surface area contributed by atoms with E-state index in [0.29, 0.717) is 17.3 Å². The van der Waals surface area contributed by atoms with Gasteiger partial charge >= 0.3 is 0 Å². The molecule has 0 saturated heterocycles. The molecule has 0 radical (unpaired) electrons. The molecule has 0 fully saturated rings. The van der Waals surface area contributed by atoms with Crippen molar-refractivity contribution < 1.29 is 5.11 Å². The smallest absolute Gasteiger partial charge is 0.0564 e. The van der Waals surface area contributed by atoms with Crippen LogP contribution in [0.15, 0.2) is 0 Å². The van der Waals surface area contributed by atoms with Crippen LogP contribution >= 0.6 is 11.8 Å². The zero-order valence-corrected chi connectivity index (χ0v) is 11.4. The Morgan fingerprint density at radius 2 is 1.73 bits per heavy atom. The molecule has 0 amide bonds. The van der Waals surface area contributed by atoms with Crippen molar-refractivity contribution >= 4 is 11.8 Å². The quantitative estimate of drug-likeness (QED) is 0.642. The zero-order chi connectivity index (χ0) is 11.7. The summed E-state index contributed by atoms with van der Waals surface area (Å²) >= 11 is 1.74. The van der Waals surface area contributed by atoms with E-state index < -0.39 is 0 Å². The van der Waals surface area contributed by atoms with Crippen LogP contribution in [0.5, 0.6) is 0 Å². The minimum absolute atomic E-state index is 0.264. The molecule has 15 heavy (non-hydrogen) atoms. The van der Waals surface area contributed by atoms with Crippen molar-refractivity contribution in [1.82, 2.24) is 5.32 Å². The number of aliphatic hydroxyl groups excluding tert-OH is 1. The van der Waals surface area contributed by atoms with E-state index in [1.165, 1.54) is 25.7 Å². The average Bonchev–Trinajstić information content (AvgIpc) is 2.20. The van der Waals surface area contributed by atoms with Crippen molar-refractivity contribution in [1.29, 1.82) is 0 Å². The maximum atomic E-state index is 9.21. The van der Waals surface area contributed by atoms with Crippen molar-refractivity contribution in [3.8, 4) is 0 Å². The molecule has 2 unspecified atom stereocenters. The van der Waals surface area contributed by atoms with Crippen LogP contribution in [0, 0.1) is 0 Å². The third kappa shape index (κ3) is 6.44. The lowest BCUT2D eigenvalue weighted by Crippen LogP contribution is -2.43. The van der Waals surface area contributed by atoms with Crippen LogP contribution in [0.3, 0.4) is 0 Å². The highest BCUT2D eigenvalue weighted by Gasteiger charge is 2.18. The fraction of sp³-hybridized carbons (Fsp3) is 1.00. The minimum atomic E-state index is 0.264. The minimum Gasteiger partial charge on any atom is -0.395 e. The molecule has 0 aromatic heterocycles. The molecule has 0 spiro atoms. The Morgan fingerprint density at radius 3 is 2.07 bits per heavy atom. The van der Waals surface area contributed by atoms with E-state index >= 15 is 0 Å². The van der Waals surface area contributed by atoms with Gasteiger partial charge in [0.05, 0.1) is 6.61 Å². The maximum Gasteiger partial charge on any atom is 0.0564 e. The molecule has 0 aromatic carbocycles. The van der Waals surface area contributed by atoms with Crippen LogP contribution < -0.4 is 5.32 Å². The molecular formula is C12H27NOS. The van der Waals surface area contributed by atoms with Crippen molar-refractivity contribution in [2.45, 2.75) is 63.8 Å². The fourth-order valence-corrected chi connectivity index (χ4v) is 2.56. The van der Waals surface area contributed by atoms with E-state index in [0.717, 1.165) is 0 Å². The summed E-state index contributed by atoms with van der Waals surface area (Å²) in [6.45, 7) is 6.90. The van der Waals surface area contributed by atoms with Gasteiger partial charge in [0, 0.05) is 17.3 Å². The van der Waals surface area contributed by atoms with Crippen LogP contribution in [0.1, 0.15) is 46.5 Å². The highest BCUT2D eigenvalue weighted by Crippen LogP contribution is 2.13. The summed E-state index contributed by atoms with van der Waals surface area (Å²) in [6, 6.07) is 1.02.